The summed E-state index contributed by atoms with van der Waals surface area (Å²) in [5, 5.41) is 3.35. The van der Waals surface area contributed by atoms with Gasteiger partial charge < -0.3 is 10.1 Å². The lowest BCUT2D eigenvalue weighted by atomic mass is 9.95. The smallest absolute Gasteiger partial charge is 0.340 e. The number of hydrogen-bond acceptors (Lipinski definition) is 5. The Bertz CT molecular complexity index is 637. The van der Waals surface area contributed by atoms with Crippen LogP contribution in [0.5, 0.6) is 0 Å². The zero-order valence-corrected chi connectivity index (χ0v) is 13.7. The van der Waals surface area contributed by atoms with Gasteiger partial charge in [-0.15, -0.1) is 0 Å². The molecule has 0 unspecified atom stereocenters. The predicted molar refractivity (Wildman–Crippen MR) is 84.5 cm³/mol. The normalized spacial score (nSPS) is 16.3. The van der Waals surface area contributed by atoms with E-state index in [2.05, 4.69) is 10.0 Å². The minimum absolute atomic E-state index is 0.0459. The quantitative estimate of drug-likeness (QED) is 0.810. The first-order valence-corrected chi connectivity index (χ1v) is 8.88. The molecule has 0 heterocycles. The summed E-state index contributed by atoms with van der Waals surface area (Å²) in [5.74, 6) is -0.550. The average molecular weight is 326 g/mol. The zero-order valence-electron chi connectivity index (χ0n) is 12.9. The van der Waals surface area contributed by atoms with E-state index in [4.69, 9.17) is 4.74 Å². The summed E-state index contributed by atoms with van der Waals surface area (Å²) < 4.78 is 30.8. The molecular formula is C15H22N2O4S. The van der Waals surface area contributed by atoms with Crippen molar-refractivity contribution in [3.8, 4) is 0 Å². The van der Waals surface area contributed by atoms with Crippen molar-refractivity contribution in [2.24, 2.45) is 0 Å². The Hall–Kier alpha value is -1.60. The average Bonchev–Trinajstić information content (AvgIpc) is 2.55. The minimum Gasteiger partial charge on any atom is -0.465 e. The van der Waals surface area contributed by atoms with Crippen molar-refractivity contribution in [1.29, 1.82) is 0 Å². The van der Waals surface area contributed by atoms with E-state index in [1.165, 1.54) is 32.7 Å². The summed E-state index contributed by atoms with van der Waals surface area (Å²) in [7, 11) is -0.979. The highest BCUT2D eigenvalue weighted by molar-refractivity contribution is 7.89. The lowest BCUT2D eigenvalue weighted by Crippen LogP contribution is -2.24. The van der Waals surface area contributed by atoms with E-state index in [1.807, 2.05) is 0 Å². The molecule has 0 aromatic heterocycles. The maximum atomic E-state index is 12.0. The summed E-state index contributed by atoms with van der Waals surface area (Å²) in [4.78, 5) is 12.0. The molecule has 0 radical (unpaired) electrons. The molecule has 0 amide bonds. The van der Waals surface area contributed by atoms with E-state index in [0.29, 0.717) is 11.7 Å². The number of esters is 1. The fourth-order valence-corrected chi connectivity index (χ4v) is 3.44. The van der Waals surface area contributed by atoms with Crippen LogP contribution < -0.4 is 10.0 Å². The molecule has 2 N–H and O–H groups in total. The summed E-state index contributed by atoms with van der Waals surface area (Å²) in [5.41, 5.74) is 0.859. The number of ether oxygens (including phenoxy) is 1. The van der Waals surface area contributed by atoms with Crippen LogP contribution in [0.4, 0.5) is 5.69 Å². The Morgan fingerprint density at radius 2 is 1.91 bits per heavy atom. The van der Waals surface area contributed by atoms with Gasteiger partial charge in [-0.2, -0.15) is 0 Å². The SMILES string of the molecule is CNS(=O)(=O)c1ccc(NC2CCCCC2)c(C(=O)OC)c1. The maximum Gasteiger partial charge on any atom is 0.340 e. The van der Waals surface area contributed by atoms with Crippen molar-refractivity contribution >= 4 is 21.7 Å². The van der Waals surface area contributed by atoms with Gasteiger partial charge in [-0.25, -0.2) is 17.9 Å². The second kappa shape index (κ2) is 7.11. The van der Waals surface area contributed by atoms with E-state index in [9.17, 15) is 13.2 Å². The summed E-state index contributed by atoms with van der Waals surface area (Å²) in [6.07, 6.45) is 5.67. The molecule has 0 atom stereocenters. The first-order chi connectivity index (χ1) is 10.5. The number of rotatable bonds is 5. The third kappa shape index (κ3) is 3.78. The van der Waals surface area contributed by atoms with Gasteiger partial charge in [-0.05, 0) is 38.1 Å². The number of carbonyl (C=O) groups excluding carboxylic acids is 1. The molecule has 1 saturated carbocycles. The topological polar surface area (TPSA) is 84.5 Å². The number of sulfonamides is 1. The van der Waals surface area contributed by atoms with Gasteiger partial charge in [-0.1, -0.05) is 19.3 Å². The summed E-state index contributed by atoms with van der Waals surface area (Å²) >= 11 is 0. The van der Waals surface area contributed by atoms with Gasteiger partial charge in [0.25, 0.3) is 0 Å². The molecule has 1 fully saturated rings. The van der Waals surface area contributed by atoms with Crippen LogP contribution >= 0.6 is 0 Å². The van der Waals surface area contributed by atoms with Crippen molar-refractivity contribution in [3.05, 3.63) is 23.8 Å². The van der Waals surface area contributed by atoms with Gasteiger partial charge in [0.1, 0.15) is 0 Å². The monoisotopic (exact) mass is 326 g/mol. The van der Waals surface area contributed by atoms with Gasteiger partial charge >= 0.3 is 5.97 Å². The first kappa shape index (κ1) is 16.8. The number of methoxy groups -OCH3 is 1. The largest absolute Gasteiger partial charge is 0.465 e. The molecule has 0 bridgehead atoms. The second-order valence-electron chi connectivity index (χ2n) is 5.39. The lowest BCUT2D eigenvalue weighted by Gasteiger charge is -2.25. The highest BCUT2D eigenvalue weighted by Crippen LogP contribution is 2.26. The van der Waals surface area contributed by atoms with Crippen LogP contribution in [0.15, 0.2) is 23.1 Å². The number of anilines is 1. The third-order valence-corrected chi connectivity index (χ3v) is 5.35. The molecule has 0 spiro atoms. The van der Waals surface area contributed by atoms with Crippen LogP contribution in [0.3, 0.4) is 0 Å². The number of carbonyl (C=O) groups is 1. The van der Waals surface area contributed by atoms with Crippen molar-refractivity contribution in [3.63, 3.8) is 0 Å². The van der Waals surface area contributed by atoms with Crippen LogP contribution in [0, 0.1) is 0 Å². The van der Waals surface area contributed by atoms with E-state index in [-0.39, 0.29) is 10.5 Å². The highest BCUT2D eigenvalue weighted by Gasteiger charge is 2.21. The molecule has 6 nitrogen and oxygen atoms in total. The van der Waals surface area contributed by atoms with E-state index < -0.39 is 16.0 Å². The summed E-state index contributed by atoms with van der Waals surface area (Å²) in [6.45, 7) is 0. The molecule has 1 aliphatic carbocycles. The Kier molecular flexibility index (Phi) is 5.42. The van der Waals surface area contributed by atoms with Gasteiger partial charge in [-0.3, -0.25) is 0 Å². The number of nitrogens with one attached hydrogen (secondary N) is 2. The predicted octanol–water partition coefficient (Wildman–Crippen LogP) is 2.13. The van der Waals surface area contributed by atoms with E-state index in [0.717, 1.165) is 25.7 Å². The van der Waals surface area contributed by atoms with Gasteiger partial charge in [0.2, 0.25) is 10.0 Å². The number of benzene rings is 1. The standard InChI is InChI=1S/C15H22N2O4S/c1-16-22(19,20)12-8-9-14(13(10-12)15(18)21-2)17-11-6-4-3-5-7-11/h8-11,16-17H,3-7H2,1-2H3. The van der Waals surface area contributed by atoms with Gasteiger partial charge in [0.05, 0.1) is 17.6 Å². The van der Waals surface area contributed by atoms with Crippen LogP contribution in [-0.2, 0) is 14.8 Å². The second-order valence-corrected chi connectivity index (χ2v) is 7.27. The van der Waals surface area contributed by atoms with Crippen LogP contribution in [-0.4, -0.2) is 34.6 Å². The Labute approximate surface area is 131 Å². The molecule has 1 aromatic carbocycles. The highest BCUT2D eigenvalue weighted by atomic mass is 32.2. The Morgan fingerprint density at radius 3 is 2.50 bits per heavy atom. The maximum absolute atomic E-state index is 12.0. The zero-order chi connectivity index (χ0) is 16.2. The van der Waals surface area contributed by atoms with Gasteiger partial charge in [0, 0.05) is 11.7 Å². The van der Waals surface area contributed by atoms with E-state index >= 15 is 0 Å². The molecule has 2 rings (SSSR count). The molecule has 122 valence electrons. The van der Waals surface area contributed by atoms with Crippen molar-refractivity contribution in [2.45, 2.75) is 43.0 Å². The lowest BCUT2D eigenvalue weighted by molar-refractivity contribution is 0.0601. The number of hydrogen-bond donors (Lipinski definition) is 2. The molecule has 0 saturated heterocycles. The Balaban J connectivity index is 2.34. The van der Waals surface area contributed by atoms with Crippen LogP contribution in [0.1, 0.15) is 42.5 Å². The van der Waals surface area contributed by atoms with Gasteiger partial charge in [0.15, 0.2) is 0 Å². The molecule has 0 aliphatic heterocycles. The molecule has 1 aromatic rings. The fourth-order valence-electron chi connectivity index (χ4n) is 2.68. The molecule has 1 aliphatic rings. The van der Waals surface area contributed by atoms with Crippen molar-refractivity contribution in [2.75, 3.05) is 19.5 Å². The van der Waals surface area contributed by atoms with Crippen LogP contribution in [0.25, 0.3) is 0 Å². The first-order valence-electron chi connectivity index (χ1n) is 7.40. The summed E-state index contributed by atoms with van der Waals surface area (Å²) in [6, 6.07) is 4.78. The van der Waals surface area contributed by atoms with Crippen molar-refractivity contribution in [1.82, 2.24) is 4.72 Å². The third-order valence-electron chi connectivity index (χ3n) is 3.94. The minimum atomic E-state index is -3.60. The Morgan fingerprint density at radius 1 is 1.23 bits per heavy atom. The van der Waals surface area contributed by atoms with Crippen molar-refractivity contribution < 1.29 is 17.9 Å². The molecule has 22 heavy (non-hydrogen) atoms. The fraction of sp³-hybridized carbons (Fsp3) is 0.533. The molecular weight excluding hydrogens is 304 g/mol. The molecule has 7 heteroatoms. The van der Waals surface area contributed by atoms with E-state index in [1.54, 1.807) is 6.07 Å². The van der Waals surface area contributed by atoms with Crippen LogP contribution in [0.2, 0.25) is 0 Å².